The van der Waals surface area contributed by atoms with Crippen molar-refractivity contribution in [1.29, 1.82) is 0 Å². The second-order valence-corrected chi connectivity index (χ2v) is 4.55. The summed E-state index contributed by atoms with van der Waals surface area (Å²) in [6.07, 6.45) is 0. The van der Waals surface area contributed by atoms with Crippen molar-refractivity contribution in [3.63, 3.8) is 0 Å². The maximum atomic E-state index is 11.2. The highest BCUT2D eigenvalue weighted by molar-refractivity contribution is 7.99. The lowest BCUT2D eigenvalue weighted by atomic mass is 10.2. The van der Waals surface area contributed by atoms with Gasteiger partial charge in [0.05, 0.1) is 0 Å². The molecule has 0 aliphatic rings. The van der Waals surface area contributed by atoms with Crippen LogP contribution < -0.4 is 11.3 Å². The molecule has 1 rings (SSSR count). The van der Waals surface area contributed by atoms with Gasteiger partial charge in [-0.25, -0.2) is 5.84 Å². The zero-order chi connectivity index (χ0) is 11.3. The molecule has 1 amide bonds. The minimum Gasteiger partial charge on any atom is -0.294 e. The van der Waals surface area contributed by atoms with Gasteiger partial charge in [0.1, 0.15) is 0 Å². The van der Waals surface area contributed by atoms with Crippen LogP contribution in [0.4, 0.5) is 0 Å². The molecule has 0 aliphatic carbocycles. The highest BCUT2D eigenvalue weighted by Crippen LogP contribution is 2.23. The number of hydrogen-bond donors (Lipinski definition) is 2. The first-order valence-electron chi connectivity index (χ1n) is 4.84. The fraction of sp³-hybridized carbons (Fsp3) is 0.364. The molecular weight excluding hydrogens is 208 g/mol. The van der Waals surface area contributed by atoms with Crippen molar-refractivity contribution < 1.29 is 4.79 Å². The zero-order valence-electron chi connectivity index (χ0n) is 8.99. The average Bonchev–Trinajstić information content (AvgIpc) is 2.26. The molecule has 0 aliphatic heterocycles. The quantitative estimate of drug-likeness (QED) is 0.354. The summed E-state index contributed by atoms with van der Waals surface area (Å²) < 4.78 is 0. The molecular formula is C11H16N2OS. The number of carbonyl (C=O) groups excluding carboxylic acids is 1. The fourth-order valence-corrected chi connectivity index (χ4v) is 2.20. The van der Waals surface area contributed by atoms with E-state index in [0.29, 0.717) is 0 Å². The molecule has 1 atom stereocenters. The number of rotatable bonds is 4. The summed E-state index contributed by atoms with van der Waals surface area (Å²) in [5, 5.41) is 0. The molecule has 15 heavy (non-hydrogen) atoms. The van der Waals surface area contributed by atoms with Crippen molar-refractivity contribution in [2.45, 2.75) is 18.7 Å². The van der Waals surface area contributed by atoms with Gasteiger partial charge < -0.3 is 0 Å². The highest BCUT2D eigenvalue weighted by Gasteiger charge is 2.11. The van der Waals surface area contributed by atoms with E-state index in [9.17, 15) is 4.79 Å². The smallest absolute Gasteiger partial charge is 0.237 e. The Labute approximate surface area is 94.4 Å². The molecule has 0 radical (unpaired) electrons. The fourth-order valence-electron chi connectivity index (χ4n) is 1.15. The predicted octanol–water partition coefficient (Wildman–Crippen LogP) is 1.71. The first-order chi connectivity index (χ1) is 7.15. The lowest BCUT2D eigenvalue weighted by Gasteiger charge is -2.10. The lowest BCUT2D eigenvalue weighted by molar-refractivity contribution is -0.123. The number of nitrogens with two attached hydrogens (primary N) is 1. The summed E-state index contributed by atoms with van der Waals surface area (Å²) in [4.78, 5) is 12.4. The van der Waals surface area contributed by atoms with Crippen LogP contribution in [-0.2, 0) is 4.79 Å². The molecule has 4 heteroatoms. The molecule has 0 saturated carbocycles. The molecule has 0 fully saturated rings. The van der Waals surface area contributed by atoms with Gasteiger partial charge in [0.15, 0.2) is 0 Å². The highest BCUT2D eigenvalue weighted by atomic mass is 32.2. The van der Waals surface area contributed by atoms with Crippen LogP contribution in [-0.4, -0.2) is 11.7 Å². The Morgan fingerprint density at radius 2 is 2.20 bits per heavy atom. The molecule has 1 aromatic rings. The third kappa shape index (κ3) is 3.57. The number of aryl methyl sites for hydroxylation is 1. The lowest BCUT2D eigenvalue weighted by Crippen LogP contribution is -2.35. The summed E-state index contributed by atoms with van der Waals surface area (Å²) in [6.45, 7) is 3.93. The topological polar surface area (TPSA) is 55.1 Å². The minimum absolute atomic E-state index is 0.0698. The predicted molar refractivity (Wildman–Crippen MR) is 63.4 cm³/mol. The Balaban J connectivity index is 2.50. The van der Waals surface area contributed by atoms with Gasteiger partial charge in [-0.1, -0.05) is 25.1 Å². The standard InChI is InChI=1S/C11H16N2OS/c1-8-5-3-4-6-10(8)15-7-9(2)11(14)13-12/h3-6,9H,7,12H2,1-2H3,(H,13,14). The van der Waals surface area contributed by atoms with Crippen molar-refractivity contribution in [3.05, 3.63) is 29.8 Å². The normalized spacial score (nSPS) is 12.2. The van der Waals surface area contributed by atoms with Crippen LogP contribution in [0.25, 0.3) is 0 Å². The molecule has 82 valence electrons. The van der Waals surface area contributed by atoms with E-state index in [-0.39, 0.29) is 11.8 Å². The summed E-state index contributed by atoms with van der Waals surface area (Å²) in [6, 6.07) is 8.14. The van der Waals surface area contributed by atoms with Crippen molar-refractivity contribution in [2.75, 3.05) is 5.75 Å². The van der Waals surface area contributed by atoms with Gasteiger partial charge in [0, 0.05) is 16.6 Å². The summed E-state index contributed by atoms with van der Waals surface area (Å²) in [7, 11) is 0. The first kappa shape index (κ1) is 12.1. The monoisotopic (exact) mass is 224 g/mol. The van der Waals surface area contributed by atoms with E-state index in [2.05, 4.69) is 24.5 Å². The van der Waals surface area contributed by atoms with E-state index >= 15 is 0 Å². The van der Waals surface area contributed by atoms with Crippen LogP contribution >= 0.6 is 11.8 Å². The van der Waals surface area contributed by atoms with Crippen LogP contribution in [0, 0.1) is 12.8 Å². The van der Waals surface area contributed by atoms with E-state index in [4.69, 9.17) is 5.84 Å². The molecule has 0 aromatic heterocycles. The van der Waals surface area contributed by atoms with E-state index in [1.807, 2.05) is 19.1 Å². The number of nitrogens with one attached hydrogen (secondary N) is 1. The van der Waals surface area contributed by atoms with Crippen LogP contribution in [0.3, 0.4) is 0 Å². The summed E-state index contributed by atoms with van der Waals surface area (Å²) >= 11 is 1.68. The number of benzene rings is 1. The molecule has 0 saturated heterocycles. The number of amides is 1. The van der Waals surface area contributed by atoms with Crippen LogP contribution in [0.5, 0.6) is 0 Å². The summed E-state index contributed by atoms with van der Waals surface area (Å²) in [5.74, 6) is 5.62. The van der Waals surface area contributed by atoms with E-state index in [1.165, 1.54) is 10.5 Å². The molecule has 1 unspecified atom stereocenters. The van der Waals surface area contributed by atoms with Crippen LogP contribution in [0.2, 0.25) is 0 Å². The molecule has 0 bridgehead atoms. The van der Waals surface area contributed by atoms with Crippen LogP contribution in [0.1, 0.15) is 12.5 Å². The van der Waals surface area contributed by atoms with E-state index < -0.39 is 0 Å². The number of hydrazine groups is 1. The SMILES string of the molecule is Cc1ccccc1SCC(C)C(=O)NN. The second kappa shape index (κ2) is 5.78. The van der Waals surface area contributed by atoms with Crippen LogP contribution in [0.15, 0.2) is 29.2 Å². The maximum absolute atomic E-state index is 11.2. The maximum Gasteiger partial charge on any atom is 0.237 e. The molecule has 1 aromatic carbocycles. The van der Waals surface area contributed by atoms with E-state index in [0.717, 1.165) is 5.75 Å². The Kier molecular flexibility index (Phi) is 4.65. The van der Waals surface area contributed by atoms with Gasteiger partial charge in [0.25, 0.3) is 0 Å². The summed E-state index contributed by atoms with van der Waals surface area (Å²) in [5.41, 5.74) is 3.40. The zero-order valence-corrected chi connectivity index (χ0v) is 9.80. The Morgan fingerprint density at radius 1 is 1.53 bits per heavy atom. The number of carbonyl (C=O) groups is 1. The first-order valence-corrected chi connectivity index (χ1v) is 5.82. The van der Waals surface area contributed by atoms with Gasteiger partial charge in [-0.05, 0) is 18.6 Å². The van der Waals surface area contributed by atoms with Gasteiger partial charge >= 0.3 is 0 Å². The second-order valence-electron chi connectivity index (χ2n) is 3.49. The Bertz CT molecular complexity index is 341. The van der Waals surface area contributed by atoms with Gasteiger partial charge in [-0.3, -0.25) is 10.2 Å². The van der Waals surface area contributed by atoms with Crippen molar-refractivity contribution >= 4 is 17.7 Å². The van der Waals surface area contributed by atoms with E-state index in [1.54, 1.807) is 11.8 Å². The van der Waals surface area contributed by atoms with Gasteiger partial charge in [-0.15, -0.1) is 11.8 Å². The van der Waals surface area contributed by atoms with Crippen molar-refractivity contribution in [3.8, 4) is 0 Å². The van der Waals surface area contributed by atoms with Crippen molar-refractivity contribution in [1.82, 2.24) is 5.43 Å². The van der Waals surface area contributed by atoms with Gasteiger partial charge in [0.2, 0.25) is 5.91 Å². The molecule has 0 spiro atoms. The Morgan fingerprint density at radius 3 is 2.80 bits per heavy atom. The number of thioether (sulfide) groups is 1. The average molecular weight is 224 g/mol. The number of hydrogen-bond acceptors (Lipinski definition) is 3. The minimum atomic E-state index is -0.115. The molecule has 0 heterocycles. The van der Waals surface area contributed by atoms with Gasteiger partial charge in [-0.2, -0.15) is 0 Å². The molecule has 3 N–H and O–H groups in total. The molecule has 3 nitrogen and oxygen atoms in total. The third-order valence-electron chi connectivity index (χ3n) is 2.17. The largest absolute Gasteiger partial charge is 0.294 e. The Hall–Kier alpha value is -1.00. The third-order valence-corrected chi connectivity index (χ3v) is 3.61. The van der Waals surface area contributed by atoms with Crippen molar-refractivity contribution in [2.24, 2.45) is 11.8 Å².